The molecule has 108 valence electrons. The van der Waals surface area contributed by atoms with E-state index < -0.39 is 5.97 Å². The standard InChI is InChI=1S/C15H15N3O3/c19-14(20)9-18-8-7-13(17-18)16-15(21)12-6-5-10-3-1-2-4-11(10)12/h1-4,7-8,12H,5-6,9H2,(H,19,20)(H,16,17,21). The van der Waals surface area contributed by atoms with Gasteiger partial charge < -0.3 is 10.4 Å². The largest absolute Gasteiger partial charge is 0.480 e. The molecule has 21 heavy (non-hydrogen) atoms. The number of carboxylic acids is 1. The van der Waals surface area contributed by atoms with Crippen LogP contribution in [0, 0.1) is 0 Å². The van der Waals surface area contributed by atoms with Crippen molar-refractivity contribution < 1.29 is 14.7 Å². The minimum Gasteiger partial charge on any atom is -0.480 e. The number of aromatic nitrogens is 2. The molecule has 2 N–H and O–H groups in total. The molecule has 1 amide bonds. The second-order valence-electron chi connectivity index (χ2n) is 5.07. The fraction of sp³-hybridized carbons (Fsp3) is 0.267. The summed E-state index contributed by atoms with van der Waals surface area (Å²) < 4.78 is 1.28. The van der Waals surface area contributed by atoms with E-state index in [-0.39, 0.29) is 18.4 Å². The number of carboxylic acid groups (broad SMARTS) is 1. The Morgan fingerprint density at radius 1 is 1.33 bits per heavy atom. The van der Waals surface area contributed by atoms with Gasteiger partial charge in [0.05, 0.1) is 5.92 Å². The summed E-state index contributed by atoms with van der Waals surface area (Å²) in [4.78, 5) is 22.9. The van der Waals surface area contributed by atoms with E-state index in [0.29, 0.717) is 5.82 Å². The Labute approximate surface area is 121 Å². The van der Waals surface area contributed by atoms with Crippen LogP contribution >= 0.6 is 0 Å². The Morgan fingerprint density at radius 3 is 2.95 bits per heavy atom. The SMILES string of the molecule is O=C(O)Cn1ccc(NC(=O)C2CCc3ccccc32)n1. The highest BCUT2D eigenvalue weighted by Crippen LogP contribution is 2.33. The summed E-state index contributed by atoms with van der Waals surface area (Å²) in [6, 6.07) is 9.54. The first-order chi connectivity index (χ1) is 10.1. The molecule has 0 bridgehead atoms. The summed E-state index contributed by atoms with van der Waals surface area (Å²) in [5.41, 5.74) is 2.29. The molecule has 6 nitrogen and oxygen atoms in total. The zero-order valence-corrected chi connectivity index (χ0v) is 11.3. The first-order valence-corrected chi connectivity index (χ1v) is 6.77. The Balaban J connectivity index is 1.70. The van der Waals surface area contributed by atoms with Gasteiger partial charge in [0.25, 0.3) is 0 Å². The molecule has 0 saturated carbocycles. The van der Waals surface area contributed by atoms with Crippen molar-refractivity contribution in [3.05, 3.63) is 47.7 Å². The molecule has 3 rings (SSSR count). The number of hydrogen-bond donors (Lipinski definition) is 2. The van der Waals surface area contributed by atoms with E-state index in [1.807, 2.05) is 24.3 Å². The molecule has 1 aromatic heterocycles. The first-order valence-electron chi connectivity index (χ1n) is 6.77. The lowest BCUT2D eigenvalue weighted by Gasteiger charge is -2.10. The molecule has 1 atom stereocenters. The lowest BCUT2D eigenvalue weighted by atomic mass is 10.0. The molecule has 0 fully saturated rings. The van der Waals surface area contributed by atoms with Crippen LogP contribution in [0.5, 0.6) is 0 Å². The van der Waals surface area contributed by atoms with E-state index in [4.69, 9.17) is 5.11 Å². The second-order valence-corrected chi connectivity index (χ2v) is 5.07. The monoisotopic (exact) mass is 285 g/mol. The molecule has 6 heteroatoms. The maximum atomic E-state index is 12.3. The van der Waals surface area contributed by atoms with Gasteiger partial charge in [-0.2, -0.15) is 5.10 Å². The number of fused-ring (bicyclic) bond motifs is 1. The number of amides is 1. The van der Waals surface area contributed by atoms with Crippen LogP contribution in [0.3, 0.4) is 0 Å². The van der Waals surface area contributed by atoms with Crippen molar-refractivity contribution >= 4 is 17.7 Å². The number of benzene rings is 1. The fourth-order valence-corrected chi connectivity index (χ4v) is 2.70. The summed E-state index contributed by atoms with van der Waals surface area (Å²) in [6.45, 7) is -0.220. The zero-order valence-electron chi connectivity index (χ0n) is 11.3. The predicted molar refractivity (Wildman–Crippen MR) is 76.0 cm³/mol. The van der Waals surface area contributed by atoms with Crippen LogP contribution in [-0.4, -0.2) is 26.8 Å². The van der Waals surface area contributed by atoms with Gasteiger partial charge in [0.1, 0.15) is 6.54 Å². The molecule has 1 unspecified atom stereocenters. The number of carbonyl (C=O) groups is 2. The average molecular weight is 285 g/mol. The third kappa shape index (κ3) is 2.79. The van der Waals surface area contributed by atoms with Crippen LogP contribution in [0.15, 0.2) is 36.5 Å². The number of aliphatic carboxylic acids is 1. The van der Waals surface area contributed by atoms with E-state index in [9.17, 15) is 9.59 Å². The van der Waals surface area contributed by atoms with Gasteiger partial charge in [0.2, 0.25) is 5.91 Å². The van der Waals surface area contributed by atoms with E-state index in [1.165, 1.54) is 16.4 Å². The molecule has 0 radical (unpaired) electrons. The molecular formula is C15H15N3O3. The number of hydrogen-bond acceptors (Lipinski definition) is 3. The average Bonchev–Trinajstić information content (AvgIpc) is 3.04. The summed E-state index contributed by atoms with van der Waals surface area (Å²) in [5.74, 6) is -0.849. The number of rotatable bonds is 4. The van der Waals surface area contributed by atoms with Gasteiger partial charge in [-0.3, -0.25) is 14.3 Å². The van der Waals surface area contributed by atoms with E-state index >= 15 is 0 Å². The third-order valence-electron chi connectivity index (χ3n) is 3.64. The summed E-state index contributed by atoms with van der Waals surface area (Å²) >= 11 is 0. The van der Waals surface area contributed by atoms with Crippen molar-refractivity contribution in [2.45, 2.75) is 25.3 Å². The van der Waals surface area contributed by atoms with Crippen LogP contribution < -0.4 is 5.32 Å². The minimum absolute atomic E-state index is 0.0967. The van der Waals surface area contributed by atoms with Gasteiger partial charge in [-0.25, -0.2) is 0 Å². The van der Waals surface area contributed by atoms with Crippen molar-refractivity contribution in [3.8, 4) is 0 Å². The van der Waals surface area contributed by atoms with Crippen LogP contribution in [0.4, 0.5) is 5.82 Å². The van der Waals surface area contributed by atoms with Crippen molar-refractivity contribution in [3.63, 3.8) is 0 Å². The van der Waals surface area contributed by atoms with Gasteiger partial charge in [0.15, 0.2) is 5.82 Å². The van der Waals surface area contributed by atoms with Gasteiger partial charge in [-0.05, 0) is 24.0 Å². The van der Waals surface area contributed by atoms with Crippen molar-refractivity contribution in [1.82, 2.24) is 9.78 Å². The van der Waals surface area contributed by atoms with Crippen LogP contribution in [0.2, 0.25) is 0 Å². The Bertz CT molecular complexity index is 693. The molecule has 0 saturated heterocycles. The van der Waals surface area contributed by atoms with Crippen LogP contribution in [0.1, 0.15) is 23.5 Å². The smallest absolute Gasteiger partial charge is 0.325 e. The summed E-state index contributed by atoms with van der Waals surface area (Å²) in [5, 5.41) is 15.5. The highest BCUT2D eigenvalue weighted by Gasteiger charge is 2.28. The molecular weight excluding hydrogens is 270 g/mol. The molecule has 0 spiro atoms. The summed E-state index contributed by atoms with van der Waals surface area (Å²) in [6.07, 6.45) is 3.23. The Morgan fingerprint density at radius 2 is 2.14 bits per heavy atom. The Hall–Kier alpha value is -2.63. The normalized spacial score (nSPS) is 16.5. The van der Waals surface area contributed by atoms with Crippen LogP contribution in [0.25, 0.3) is 0 Å². The maximum absolute atomic E-state index is 12.3. The first kappa shape index (κ1) is 13.4. The maximum Gasteiger partial charge on any atom is 0.325 e. The highest BCUT2D eigenvalue weighted by atomic mass is 16.4. The van der Waals surface area contributed by atoms with E-state index in [2.05, 4.69) is 10.4 Å². The van der Waals surface area contributed by atoms with Crippen molar-refractivity contribution in [1.29, 1.82) is 0 Å². The number of carbonyl (C=O) groups excluding carboxylic acids is 1. The fourth-order valence-electron chi connectivity index (χ4n) is 2.70. The molecule has 2 aromatic rings. The number of anilines is 1. The van der Waals surface area contributed by atoms with Crippen molar-refractivity contribution in [2.24, 2.45) is 0 Å². The van der Waals surface area contributed by atoms with E-state index in [1.54, 1.807) is 6.07 Å². The van der Waals surface area contributed by atoms with Gasteiger partial charge in [-0.1, -0.05) is 24.3 Å². The van der Waals surface area contributed by atoms with Crippen molar-refractivity contribution in [2.75, 3.05) is 5.32 Å². The van der Waals surface area contributed by atoms with Crippen LogP contribution in [-0.2, 0) is 22.6 Å². The molecule has 1 aliphatic carbocycles. The Kier molecular flexibility index (Phi) is 3.43. The van der Waals surface area contributed by atoms with E-state index in [0.717, 1.165) is 18.4 Å². The zero-order chi connectivity index (χ0) is 14.8. The molecule has 0 aliphatic heterocycles. The third-order valence-corrected chi connectivity index (χ3v) is 3.64. The van der Waals surface area contributed by atoms with Gasteiger partial charge in [-0.15, -0.1) is 0 Å². The molecule has 1 heterocycles. The second kappa shape index (κ2) is 5.40. The summed E-state index contributed by atoms with van der Waals surface area (Å²) in [7, 11) is 0. The minimum atomic E-state index is -0.972. The highest BCUT2D eigenvalue weighted by molar-refractivity contribution is 5.95. The quantitative estimate of drug-likeness (QED) is 0.894. The molecule has 1 aromatic carbocycles. The molecule has 1 aliphatic rings. The lowest BCUT2D eigenvalue weighted by molar-refractivity contribution is -0.137. The number of nitrogens with zero attached hydrogens (tertiary/aromatic N) is 2. The number of aryl methyl sites for hydroxylation is 1. The number of nitrogens with one attached hydrogen (secondary N) is 1. The topological polar surface area (TPSA) is 84.2 Å². The lowest BCUT2D eigenvalue weighted by Crippen LogP contribution is -2.20. The van der Waals surface area contributed by atoms with Gasteiger partial charge >= 0.3 is 5.97 Å². The van der Waals surface area contributed by atoms with Gasteiger partial charge in [0, 0.05) is 12.3 Å². The predicted octanol–water partition coefficient (Wildman–Crippen LogP) is 1.64.